The Balaban J connectivity index is 4.07. The van der Waals surface area contributed by atoms with Crippen LogP contribution in [-0.2, 0) is 9.53 Å². The van der Waals surface area contributed by atoms with Crippen LogP contribution in [-0.4, -0.2) is 47.8 Å². The average molecular weight is 217 g/mol. The summed E-state index contributed by atoms with van der Waals surface area (Å²) in [6.07, 6.45) is 0.213. The van der Waals surface area contributed by atoms with Crippen LogP contribution in [0, 0.1) is 0 Å². The summed E-state index contributed by atoms with van der Waals surface area (Å²) < 4.78 is 5.09. The molecule has 0 fully saturated rings. The standard InChI is InChI=1S/C11H23NO3/c1-6-10(13)7-12(5)9(4)11(14)15-8(2)3/h8-10,13H,6-7H2,1-5H3. The van der Waals surface area contributed by atoms with E-state index in [0.29, 0.717) is 13.0 Å². The molecule has 0 amide bonds. The Kier molecular flexibility index (Phi) is 6.52. The first-order chi connectivity index (χ1) is 6.88. The maximum absolute atomic E-state index is 11.5. The van der Waals surface area contributed by atoms with Gasteiger partial charge in [-0.3, -0.25) is 9.69 Å². The molecule has 0 aromatic heterocycles. The maximum Gasteiger partial charge on any atom is 0.323 e. The van der Waals surface area contributed by atoms with Crippen molar-refractivity contribution in [1.29, 1.82) is 0 Å². The largest absolute Gasteiger partial charge is 0.462 e. The molecule has 0 bridgehead atoms. The van der Waals surface area contributed by atoms with Crippen LogP contribution in [0.3, 0.4) is 0 Å². The molecule has 4 nitrogen and oxygen atoms in total. The average Bonchev–Trinajstić information content (AvgIpc) is 2.15. The van der Waals surface area contributed by atoms with E-state index in [1.54, 1.807) is 11.8 Å². The van der Waals surface area contributed by atoms with Crippen molar-refractivity contribution in [3.63, 3.8) is 0 Å². The van der Waals surface area contributed by atoms with Gasteiger partial charge in [-0.05, 0) is 34.2 Å². The van der Waals surface area contributed by atoms with E-state index in [1.807, 2.05) is 27.8 Å². The summed E-state index contributed by atoms with van der Waals surface area (Å²) in [7, 11) is 1.81. The highest BCUT2D eigenvalue weighted by atomic mass is 16.5. The molecule has 0 rings (SSSR count). The summed E-state index contributed by atoms with van der Waals surface area (Å²) in [5.41, 5.74) is 0. The van der Waals surface area contributed by atoms with Crippen LogP contribution in [0.15, 0.2) is 0 Å². The number of esters is 1. The van der Waals surface area contributed by atoms with Crippen LogP contribution < -0.4 is 0 Å². The van der Waals surface area contributed by atoms with Gasteiger partial charge in [-0.15, -0.1) is 0 Å². The molecule has 0 aromatic rings. The molecule has 2 unspecified atom stereocenters. The summed E-state index contributed by atoms with van der Waals surface area (Å²) in [6, 6.07) is -0.311. The first-order valence-electron chi connectivity index (χ1n) is 5.47. The second-order valence-corrected chi connectivity index (χ2v) is 4.16. The number of rotatable bonds is 6. The number of hydrogen-bond acceptors (Lipinski definition) is 4. The number of aliphatic hydroxyl groups excluding tert-OH is 1. The Morgan fingerprint density at radius 1 is 1.40 bits per heavy atom. The van der Waals surface area contributed by atoms with E-state index >= 15 is 0 Å². The zero-order valence-corrected chi connectivity index (χ0v) is 10.4. The van der Waals surface area contributed by atoms with E-state index in [4.69, 9.17) is 4.74 Å². The molecular weight excluding hydrogens is 194 g/mol. The van der Waals surface area contributed by atoms with Crippen molar-refractivity contribution in [2.45, 2.75) is 52.4 Å². The summed E-state index contributed by atoms with van der Waals surface area (Å²) in [6.45, 7) is 7.84. The Bertz CT molecular complexity index is 194. The molecule has 0 saturated carbocycles. The molecule has 0 saturated heterocycles. The Hall–Kier alpha value is -0.610. The van der Waals surface area contributed by atoms with Gasteiger partial charge in [0, 0.05) is 6.54 Å². The van der Waals surface area contributed by atoms with E-state index in [1.165, 1.54) is 0 Å². The van der Waals surface area contributed by atoms with Gasteiger partial charge in [0.15, 0.2) is 0 Å². The van der Waals surface area contributed by atoms with Crippen LogP contribution in [0.2, 0.25) is 0 Å². The minimum absolute atomic E-state index is 0.0931. The van der Waals surface area contributed by atoms with Crippen LogP contribution >= 0.6 is 0 Å². The quantitative estimate of drug-likeness (QED) is 0.675. The van der Waals surface area contributed by atoms with E-state index < -0.39 is 0 Å². The second-order valence-electron chi connectivity index (χ2n) is 4.16. The van der Waals surface area contributed by atoms with Crippen LogP contribution in [0.1, 0.15) is 34.1 Å². The normalized spacial score (nSPS) is 15.5. The zero-order chi connectivity index (χ0) is 12.0. The number of hydrogen-bond donors (Lipinski definition) is 1. The number of ether oxygens (including phenoxy) is 1. The van der Waals surface area contributed by atoms with Crippen LogP contribution in [0.4, 0.5) is 0 Å². The topological polar surface area (TPSA) is 49.8 Å². The minimum atomic E-state index is -0.385. The SMILES string of the molecule is CCC(O)CN(C)C(C)C(=O)OC(C)C. The third-order valence-corrected chi connectivity index (χ3v) is 2.32. The fourth-order valence-electron chi connectivity index (χ4n) is 1.13. The van der Waals surface area contributed by atoms with Crippen molar-refractivity contribution in [3.8, 4) is 0 Å². The number of carbonyl (C=O) groups is 1. The fraction of sp³-hybridized carbons (Fsp3) is 0.909. The zero-order valence-electron chi connectivity index (χ0n) is 10.4. The van der Waals surface area contributed by atoms with Gasteiger partial charge in [-0.25, -0.2) is 0 Å². The van der Waals surface area contributed by atoms with Crippen molar-refractivity contribution in [2.75, 3.05) is 13.6 Å². The number of carbonyl (C=O) groups excluding carboxylic acids is 1. The molecule has 0 radical (unpaired) electrons. The second kappa shape index (κ2) is 6.80. The van der Waals surface area contributed by atoms with Gasteiger partial charge in [0.25, 0.3) is 0 Å². The predicted octanol–water partition coefficient (Wildman–Crippen LogP) is 1.03. The van der Waals surface area contributed by atoms with Crippen molar-refractivity contribution in [3.05, 3.63) is 0 Å². The fourth-order valence-corrected chi connectivity index (χ4v) is 1.13. The lowest BCUT2D eigenvalue weighted by Crippen LogP contribution is -2.41. The van der Waals surface area contributed by atoms with E-state index in [0.717, 1.165) is 0 Å². The van der Waals surface area contributed by atoms with E-state index in [-0.39, 0.29) is 24.2 Å². The van der Waals surface area contributed by atoms with Gasteiger partial charge in [-0.2, -0.15) is 0 Å². The first-order valence-corrected chi connectivity index (χ1v) is 5.47. The highest BCUT2D eigenvalue weighted by Crippen LogP contribution is 2.03. The third kappa shape index (κ3) is 5.74. The molecule has 0 spiro atoms. The molecule has 0 aromatic carbocycles. The monoisotopic (exact) mass is 217 g/mol. The molecule has 2 atom stereocenters. The number of aliphatic hydroxyl groups is 1. The van der Waals surface area contributed by atoms with Gasteiger partial charge in [-0.1, -0.05) is 6.92 Å². The third-order valence-electron chi connectivity index (χ3n) is 2.32. The molecule has 4 heteroatoms. The molecule has 0 heterocycles. The molecule has 90 valence electrons. The number of nitrogens with zero attached hydrogens (tertiary/aromatic N) is 1. The maximum atomic E-state index is 11.5. The summed E-state index contributed by atoms with van der Waals surface area (Å²) in [4.78, 5) is 13.3. The molecule has 15 heavy (non-hydrogen) atoms. The number of likely N-dealkylation sites (N-methyl/N-ethyl adjacent to an activating group) is 1. The van der Waals surface area contributed by atoms with Gasteiger partial charge < -0.3 is 9.84 Å². The van der Waals surface area contributed by atoms with Crippen molar-refractivity contribution in [2.24, 2.45) is 0 Å². The van der Waals surface area contributed by atoms with E-state index in [9.17, 15) is 9.90 Å². The molecule has 0 aliphatic heterocycles. The van der Waals surface area contributed by atoms with Crippen LogP contribution in [0.25, 0.3) is 0 Å². The molecule has 1 N–H and O–H groups in total. The Labute approximate surface area is 92.2 Å². The smallest absolute Gasteiger partial charge is 0.323 e. The molecule has 0 aliphatic carbocycles. The van der Waals surface area contributed by atoms with E-state index in [2.05, 4.69) is 0 Å². The molecule has 0 aliphatic rings. The van der Waals surface area contributed by atoms with Crippen molar-refractivity contribution in [1.82, 2.24) is 4.90 Å². The minimum Gasteiger partial charge on any atom is -0.462 e. The summed E-state index contributed by atoms with van der Waals surface area (Å²) in [5, 5.41) is 9.45. The summed E-state index contributed by atoms with van der Waals surface area (Å²) in [5.74, 6) is -0.240. The molecular formula is C11H23NO3. The Morgan fingerprint density at radius 3 is 2.33 bits per heavy atom. The van der Waals surface area contributed by atoms with Gasteiger partial charge in [0.2, 0.25) is 0 Å². The predicted molar refractivity (Wildman–Crippen MR) is 59.6 cm³/mol. The highest BCUT2D eigenvalue weighted by molar-refractivity contribution is 5.75. The van der Waals surface area contributed by atoms with Crippen LogP contribution in [0.5, 0.6) is 0 Å². The highest BCUT2D eigenvalue weighted by Gasteiger charge is 2.21. The van der Waals surface area contributed by atoms with Gasteiger partial charge in [0.05, 0.1) is 12.2 Å². The lowest BCUT2D eigenvalue weighted by atomic mass is 10.2. The lowest BCUT2D eigenvalue weighted by Gasteiger charge is -2.25. The van der Waals surface area contributed by atoms with Gasteiger partial charge in [0.1, 0.15) is 6.04 Å². The lowest BCUT2D eigenvalue weighted by molar-refractivity contribution is -0.153. The first kappa shape index (κ1) is 14.4. The van der Waals surface area contributed by atoms with Crippen molar-refractivity contribution < 1.29 is 14.6 Å². The Morgan fingerprint density at radius 2 is 1.93 bits per heavy atom. The van der Waals surface area contributed by atoms with Gasteiger partial charge >= 0.3 is 5.97 Å². The summed E-state index contributed by atoms with van der Waals surface area (Å²) >= 11 is 0. The van der Waals surface area contributed by atoms with Crippen molar-refractivity contribution >= 4 is 5.97 Å².